The Labute approximate surface area is 117 Å². The van der Waals surface area contributed by atoms with Crippen molar-refractivity contribution in [1.29, 1.82) is 0 Å². The Kier molecular flexibility index (Phi) is 4.30. The van der Waals surface area contributed by atoms with E-state index < -0.39 is 6.10 Å². The minimum Gasteiger partial charge on any atom is -0.389 e. The Balaban J connectivity index is 2.25. The number of benzene rings is 1. The summed E-state index contributed by atoms with van der Waals surface area (Å²) >= 11 is 3.53. The van der Waals surface area contributed by atoms with Crippen molar-refractivity contribution in [3.8, 4) is 0 Å². The lowest BCUT2D eigenvalue weighted by atomic mass is 10.1. The predicted octanol–water partition coefficient (Wildman–Crippen LogP) is 3.12. The van der Waals surface area contributed by atoms with Gasteiger partial charge in [-0.25, -0.2) is 0 Å². The first-order chi connectivity index (χ1) is 8.49. The molecule has 1 fully saturated rings. The third kappa shape index (κ3) is 2.87. The standard InChI is InChI=1S/C14H20BrNO2/c1-9-8-18-10(2)7-16(9)12-4-5-13(11(3)17)14(15)6-12/h4-6,9-11,17H,7-8H2,1-3H3. The number of hydrogen-bond acceptors (Lipinski definition) is 3. The van der Waals surface area contributed by atoms with E-state index >= 15 is 0 Å². The molecule has 0 amide bonds. The molecule has 1 N–H and O–H groups in total. The van der Waals surface area contributed by atoms with Crippen LogP contribution in [-0.2, 0) is 4.74 Å². The summed E-state index contributed by atoms with van der Waals surface area (Å²) in [6.07, 6.45) is -0.189. The van der Waals surface area contributed by atoms with Gasteiger partial charge in [0.2, 0.25) is 0 Å². The maximum absolute atomic E-state index is 9.64. The number of nitrogens with zero attached hydrogens (tertiary/aromatic N) is 1. The Morgan fingerprint density at radius 2 is 2.17 bits per heavy atom. The summed E-state index contributed by atoms with van der Waals surface area (Å²) < 4.78 is 6.60. The van der Waals surface area contributed by atoms with E-state index in [4.69, 9.17) is 4.74 Å². The van der Waals surface area contributed by atoms with Crippen molar-refractivity contribution in [3.05, 3.63) is 28.2 Å². The number of halogens is 1. The smallest absolute Gasteiger partial charge is 0.0772 e. The van der Waals surface area contributed by atoms with Gasteiger partial charge in [-0.15, -0.1) is 0 Å². The molecule has 3 atom stereocenters. The van der Waals surface area contributed by atoms with E-state index in [9.17, 15) is 5.11 Å². The van der Waals surface area contributed by atoms with Crippen LogP contribution < -0.4 is 4.90 Å². The van der Waals surface area contributed by atoms with E-state index in [0.717, 1.165) is 23.2 Å². The van der Waals surface area contributed by atoms with Crippen LogP contribution in [0.25, 0.3) is 0 Å². The normalized spacial score (nSPS) is 26.2. The zero-order chi connectivity index (χ0) is 13.3. The van der Waals surface area contributed by atoms with E-state index in [0.29, 0.717) is 6.04 Å². The van der Waals surface area contributed by atoms with Crippen LogP contribution in [0.2, 0.25) is 0 Å². The van der Waals surface area contributed by atoms with Gasteiger partial charge in [0, 0.05) is 22.7 Å². The average Bonchev–Trinajstić information content (AvgIpc) is 2.31. The maximum Gasteiger partial charge on any atom is 0.0772 e. The number of morpholine rings is 1. The summed E-state index contributed by atoms with van der Waals surface area (Å²) in [7, 11) is 0. The van der Waals surface area contributed by atoms with Gasteiger partial charge in [-0.1, -0.05) is 22.0 Å². The highest BCUT2D eigenvalue weighted by molar-refractivity contribution is 9.10. The highest BCUT2D eigenvalue weighted by Crippen LogP contribution is 2.30. The number of aliphatic hydroxyl groups is 1. The average molecular weight is 314 g/mol. The number of aliphatic hydroxyl groups excluding tert-OH is 1. The van der Waals surface area contributed by atoms with Gasteiger partial charge in [-0.05, 0) is 38.5 Å². The number of hydrogen-bond donors (Lipinski definition) is 1. The number of anilines is 1. The summed E-state index contributed by atoms with van der Waals surface area (Å²) in [5.41, 5.74) is 2.10. The molecule has 3 nitrogen and oxygen atoms in total. The molecule has 100 valence electrons. The lowest BCUT2D eigenvalue weighted by Crippen LogP contribution is -2.47. The lowest BCUT2D eigenvalue weighted by Gasteiger charge is -2.38. The molecule has 1 heterocycles. The predicted molar refractivity (Wildman–Crippen MR) is 77.0 cm³/mol. The van der Waals surface area contributed by atoms with E-state index in [-0.39, 0.29) is 6.10 Å². The van der Waals surface area contributed by atoms with Gasteiger partial charge >= 0.3 is 0 Å². The molecule has 2 rings (SSSR count). The van der Waals surface area contributed by atoms with E-state index in [1.54, 1.807) is 6.92 Å². The van der Waals surface area contributed by atoms with Crippen molar-refractivity contribution in [2.75, 3.05) is 18.1 Å². The largest absolute Gasteiger partial charge is 0.389 e. The monoisotopic (exact) mass is 313 g/mol. The maximum atomic E-state index is 9.64. The van der Waals surface area contributed by atoms with Crippen molar-refractivity contribution in [2.24, 2.45) is 0 Å². The molecule has 0 spiro atoms. The first-order valence-electron chi connectivity index (χ1n) is 6.34. The van der Waals surface area contributed by atoms with Crippen molar-refractivity contribution >= 4 is 21.6 Å². The van der Waals surface area contributed by atoms with Gasteiger partial charge in [0.15, 0.2) is 0 Å². The molecule has 4 heteroatoms. The fourth-order valence-corrected chi connectivity index (χ4v) is 2.99. The van der Waals surface area contributed by atoms with Crippen molar-refractivity contribution in [3.63, 3.8) is 0 Å². The third-order valence-corrected chi connectivity index (χ3v) is 4.06. The SMILES string of the molecule is CC1CN(c2ccc(C(C)O)c(Br)c2)C(C)CO1. The fraction of sp³-hybridized carbons (Fsp3) is 0.571. The minimum absolute atomic E-state index is 0.261. The topological polar surface area (TPSA) is 32.7 Å². The van der Waals surface area contributed by atoms with Crippen LogP contribution in [0.1, 0.15) is 32.4 Å². The molecule has 3 unspecified atom stereocenters. The second-order valence-corrected chi connectivity index (χ2v) is 5.88. The molecular weight excluding hydrogens is 294 g/mol. The zero-order valence-corrected chi connectivity index (χ0v) is 12.6. The van der Waals surface area contributed by atoms with Gasteiger partial charge in [0.1, 0.15) is 0 Å². The van der Waals surface area contributed by atoms with Crippen LogP contribution in [0, 0.1) is 0 Å². The van der Waals surface area contributed by atoms with Crippen LogP contribution in [0.4, 0.5) is 5.69 Å². The molecular formula is C14H20BrNO2. The lowest BCUT2D eigenvalue weighted by molar-refractivity contribution is 0.0344. The molecule has 1 aliphatic rings. The van der Waals surface area contributed by atoms with Crippen LogP contribution in [0.5, 0.6) is 0 Å². The molecule has 0 radical (unpaired) electrons. The summed E-state index contributed by atoms with van der Waals surface area (Å²) in [4.78, 5) is 2.35. The summed E-state index contributed by atoms with van der Waals surface area (Å²) in [6, 6.07) is 6.51. The zero-order valence-electron chi connectivity index (χ0n) is 11.1. The molecule has 1 aromatic carbocycles. The van der Waals surface area contributed by atoms with Crippen molar-refractivity contribution in [2.45, 2.75) is 39.0 Å². The second-order valence-electron chi connectivity index (χ2n) is 5.03. The van der Waals surface area contributed by atoms with Crippen LogP contribution in [0.3, 0.4) is 0 Å². The van der Waals surface area contributed by atoms with Crippen LogP contribution in [0.15, 0.2) is 22.7 Å². The number of rotatable bonds is 2. The highest BCUT2D eigenvalue weighted by atomic mass is 79.9. The fourth-order valence-electron chi connectivity index (χ4n) is 2.30. The molecule has 0 aliphatic carbocycles. The molecule has 0 saturated carbocycles. The van der Waals surface area contributed by atoms with Gasteiger partial charge in [-0.3, -0.25) is 0 Å². The molecule has 1 aromatic rings. The van der Waals surface area contributed by atoms with Crippen molar-refractivity contribution in [1.82, 2.24) is 0 Å². The van der Waals surface area contributed by atoms with E-state index in [2.05, 4.69) is 46.8 Å². The Morgan fingerprint density at radius 1 is 1.44 bits per heavy atom. The van der Waals surface area contributed by atoms with E-state index in [1.165, 1.54) is 5.69 Å². The molecule has 0 aromatic heterocycles. The molecule has 18 heavy (non-hydrogen) atoms. The Morgan fingerprint density at radius 3 is 2.78 bits per heavy atom. The highest BCUT2D eigenvalue weighted by Gasteiger charge is 2.24. The Bertz CT molecular complexity index is 422. The molecule has 0 bridgehead atoms. The third-order valence-electron chi connectivity index (χ3n) is 3.37. The van der Waals surface area contributed by atoms with Gasteiger partial charge in [-0.2, -0.15) is 0 Å². The second kappa shape index (κ2) is 5.59. The van der Waals surface area contributed by atoms with E-state index in [1.807, 2.05) is 6.07 Å². The van der Waals surface area contributed by atoms with Crippen LogP contribution in [-0.4, -0.2) is 30.4 Å². The van der Waals surface area contributed by atoms with Gasteiger partial charge in [0.25, 0.3) is 0 Å². The first-order valence-corrected chi connectivity index (χ1v) is 7.14. The number of ether oxygens (including phenoxy) is 1. The van der Waals surface area contributed by atoms with Crippen LogP contribution >= 0.6 is 15.9 Å². The first kappa shape index (κ1) is 13.8. The summed E-state index contributed by atoms with van der Waals surface area (Å²) in [6.45, 7) is 7.71. The van der Waals surface area contributed by atoms with Gasteiger partial charge < -0.3 is 14.7 Å². The molecule has 1 aliphatic heterocycles. The van der Waals surface area contributed by atoms with Crippen molar-refractivity contribution < 1.29 is 9.84 Å². The molecule has 1 saturated heterocycles. The summed E-state index contributed by atoms with van der Waals surface area (Å²) in [5, 5.41) is 9.64. The quantitative estimate of drug-likeness (QED) is 0.910. The minimum atomic E-state index is -0.450. The Hall–Kier alpha value is -0.580. The van der Waals surface area contributed by atoms with Gasteiger partial charge in [0.05, 0.1) is 18.8 Å². The summed E-state index contributed by atoms with van der Waals surface area (Å²) in [5.74, 6) is 0.